The number of aryl methyl sites for hydroxylation is 1. The number of nitrogens with one attached hydrogen (secondary N) is 1. The van der Waals surface area contributed by atoms with Gasteiger partial charge in [0.1, 0.15) is 0 Å². The van der Waals surface area contributed by atoms with Gasteiger partial charge in [-0.1, -0.05) is 30.3 Å². The summed E-state index contributed by atoms with van der Waals surface area (Å²) in [4.78, 5) is 17.0. The average molecular weight is 392 g/mol. The van der Waals surface area contributed by atoms with Crippen molar-refractivity contribution in [3.63, 3.8) is 0 Å². The lowest BCUT2D eigenvalue weighted by molar-refractivity contribution is -0.117. The first kappa shape index (κ1) is 21.4. The fraction of sp³-hybridized carbons (Fsp3) is 0.500. The molecule has 6 nitrogen and oxygen atoms in total. The molecule has 1 unspecified atom stereocenters. The van der Waals surface area contributed by atoms with Gasteiger partial charge in [0.25, 0.3) is 0 Å². The summed E-state index contributed by atoms with van der Waals surface area (Å²) in [5.41, 5.74) is 2.13. The maximum absolute atomic E-state index is 12.3. The number of carbonyl (C=O) groups is 1. The van der Waals surface area contributed by atoms with Crippen molar-refractivity contribution in [3.8, 4) is 0 Å². The average Bonchev–Trinajstić information content (AvgIpc) is 3.05. The van der Waals surface area contributed by atoms with E-state index in [0.717, 1.165) is 38.2 Å². The van der Waals surface area contributed by atoms with Crippen LogP contribution in [0.5, 0.6) is 0 Å². The minimum atomic E-state index is 0. The van der Waals surface area contributed by atoms with Crippen LogP contribution in [-0.2, 0) is 18.3 Å². The predicted octanol–water partition coefficient (Wildman–Crippen LogP) is 2.42. The van der Waals surface area contributed by atoms with Crippen molar-refractivity contribution in [3.05, 3.63) is 48.3 Å². The first-order valence-electron chi connectivity index (χ1n) is 9.35. The van der Waals surface area contributed by atoms with Crippen LogP contribution in [-0.4, -0.2) is 64.8 Å². The Balaban J connectivity index is 0.00000261. The van der Waals surface area contributed by atoms with Gasteiger partial charge < -0.3 is 10.2 Å². The summed E-state index contributed by atoms with van der Waals surface area (Å²) in [7, 11) is 4.04. The Hall–Kier alpha value is -1.89. The van der Waals surface area contributed by atoms with E-state index in [1.807, 2.05) is 13.2 Å². The molecule has 3 rings (SSSR count). The minimum Gasteiger partial charge on any atom is -0.322 e. The van der Waals surface area contributed by atoms with E-state index in [0.29, 0.717) is 12.6 Å². The van der Waals surface area contributed by atoms with Gasteiger partial charge in [0, 0.05) is 32.4 Å². The highest BCUT2D eigenvalue weighted by Crippen LogP contribution is 2.15. The Labute approximate surface area is 167 Å². The van der Waals surface area contributed by atoms with Crippen LogP contribution in [0, 0.1) is 0 Å². The number of hydrogen-bond donors (Lipinski definition) is 1. The largest absolute Gasteiger partial charge is 0.322 e. The molecule has 7 heteroatoms. The lowest BCUT2D eigenvalue weighted by atomic mass is 10.0. The van der Waals surface area contributed by atoms with Crippen LogP contribution < -0.4 is 5.32 Å². The molecule has 1 atom stereocenters. The summed E-state index contributed by atoms with van der Waals surface area (Å²) in [6, 6.07) is 11.1. The van der Waals surface area contributed by atoms with E-state index in [2.05, 4.69) is 57.6 Å². The topological polar surface area (TPSA) is 53.4 Å². The van der Waals surface area contributed by atoms with Crippen molar-refractivity contribution in [2.75, 3.05) is 38.5 Å². The molecule has 1 aromatic carbocycles. The first-order valence-corrected chi connectivity index (χ1v) is 9.35. The number of likely N-dealkylation sites (N-methyl/N-ethyl adjacent to an activating group) is 1. The summed E-state index contributed by atoms with van der Waals surface area (Å²) in [6.45, 7) is 3.43. The van der Waals surface area contributed by atoms with Crippen molar-refractivity contribution in [2.45, 2.75) is 25.3 Å². The van der Waals surface area contributed by atoms with E-state index >= 15 is 0 Å². The number of halogens is 1. The van der Waals surface area contributed by atoms with Gasteiger partial charge in [0.15, 0.2) is 0 Å². The SMILES string of the molecule is CN(CCc1ccccc1)C1CCCN(CC(=O)Nc2cnn(C)c2)C1.Cl. The van der Waals surface area contributed by atoms with Crippen LogP contribution in [0.2, 0.25) is 0 Å². The van der Waals surface area contributed by atoms with Crippen LogP contribution in [0.3, 0.4) is 0 Å². The van der Waals surface area contributed by atoms with Gasteiger partial charge in [-0.05, 0) is 38.4 Å². The smallest absolute Gasteiger partial charge is 0.238 e. The van der Waals surface area contributed by atoms with Crippen LogP contribution in [0.25, 0.3) is 0 Å². The zero-order valence-electron chi connectivity index (χ0n) is 16.2. The van der Waals surface area contributed by atoms with Gasteiger partial charge in [-0.3, -0.25) is 14.4 Å². The molecule has 2 aromatic rings. The molecule has 1 N–H and O–H groups in total. The molecule has 0 spiro atoms. The van der Waals surface area contributed by atoms with Gasteiger partial charge in [0.2, 0.25) is 5.91 Å². The molecular formula is C20H30ClN5O. The van der Waals surface area contributed by atoms with Crippen molar-refractivity contribution in [1.29, 1.82) is 0 Å². The fourth-order valence-electron chi connectivity index (χ4n) is 3.56. The Morgan fingerprint density at radius 1 is 1.33 bits per heavy atom. The summed E-state index contributed by atoms with van der Waals surface area (Å²) < 4.78 is 1.69. The molecule has 2 heterocycles. The van der Waals surface area contributed by atoms with Crippen molar-refractivity contribution in [2.24, 2.45) is 7.05 Å². The van der Waals surface area contributed by atoms with E-state index in [-0.39, 0.29) is 18.3 Å². The number of amides is 1. The second-order valence-corrected chi connectivity index (χ2v) is 7.20. The first-order chi connectivity index (χ1) is 12.6. The second-order valence-electron chi connectivity index (χ2n) is 7.20. The number of hydrogen-bond acceptors (Lipinski definition) is 4. The number of benzene rings is 1. The molecular weight excluding hydrogens is 362 g/mol. The number of likely N-dealkylation sites (tertiary alicyclic amines) is 1. The lowest BCUT2D eigenvalue weighted by Gasteiger charge is -2.37. The standard InChI is InChI=1S/C20H29N5O.ClH/c1-23(12-10-17-7-4-3-5-8-17)19-9-6-11-25(15-19)16-20(26)22-18-13-21-24(2)14-18;/h3-5,7-8,13-14,19H,6,9-12,15-16H2,1-2H3,(H,22,26);1H. The zero-order chi connectivity index (χ0) is 18.4. The van der Waals surface area contributed by atoms with E-state index in [1.54, 1.807) is 10.9 Å². The molecule has 0 radical (unpaired) electrons. The second kappa shape index (κ2) is 10.4. The number of carbonyl (C=O) groups excluding carboxylic acids is 1. The number of piperidine rings is 1. The van der Waals surface area contributed by atoms with Crippen molar-refractivity contribution < 1.29 is 4.79 Å². The van der Waals surface area contributed by atoms with Crippen LogP contribution in [0.1, 0.15) is 18.4 Å². The van der Waals surface area contributed by atoms with Crippen LogP contribution in [0.4, 0.5) is 5.69 Å². The van der Waals surface area contributed by atoms with Crippen molar-refractivity contribution >= 4 is 24.0 Å². The van der Waals surface area contributed by atoms with Gasteiger partial charge in [-0.25, -0.2) is 0 Å². The normalized spacial score (nSPS) is 17.5. The molecule has 1 saturated heterocycles. The van der Waals surface area contributed by atoms with E-state index < -0.39 is 0 Å². The maximum Gasteiger partial charge on any atom is 0.238 e. The zero-order valence-corrected chi connectivity index (χ0v) is 17.0. The summed E-state index contributed by atoms with van der Waals surface area (Å²) in [5, 5.41) is 7.00. The number of rotatable bonds is 7. The van der Waals surface area contributed by atoms with E-state index in [1.165, 1.54) is 12.0 Å². The Morgan fingerprint density at radius 2 is 2.11 bits per heavy atom. The summed E-state index contributed by atoms with van der Waals surface area (Å²) >= 11 is 0. The van der Waals surface area contributed by atoms with Gasteiger partial charge in [-0.15, -0.1) is 12.4 Å². The fourth-order valence-corrected chi connectivity index (χ4v) is 3.56. The van der Waals surface area contributed by atoms with Gasteiger partial charge >= 0.3 is 0 Å². The third-order valence-corrected chi connectivity index (χ3v) is 5.06. The number of aromatic nitrogens is 2. The maximum atomic E-state index is 12.3. The van der Waals surface area contributed by atoms with E-state index in [4.69, 9.17) is 0 Å². The Bertz CT molecular complexity index is 705. The quantitative estimate of drug-likeness (QED) is 0.787. The molecule has 0 bridgehead atoms. The molecule has 1 amide bonds. The summed E-state index contributed by atoms with van der Waals surface area (Å²) in [6.07, 6.45) is 6.89. The molecule has 0 aliphatic carbocycles. The predicted molar refractivity (Wildman–Crippen MR) is 111 cm³/mol. The molecule has 1 aliphatic heterocycles. The third kappa shape index (κ3) is 6.65. The van der Waals surface area contributed by atoms with Crippen LogP contribution in [0.15, 0.2) is 42.7 Å². The molecule has 27 heavy (non-hydrogen) atoms. The van der Waals surface area contributed by atoms with Gasteiger partial charge in [-0.2, -0.15) is 5.10 Å². The lowest BCUT2D eigenvalue weighted by Crippen LogP contribution is -2.48. The highest BCUT2D eigenvalue weighted by Gasteiger charge is 2.24. The Kier molecular flexibility index (Phi) is 8.28. The molecule has 1 aliphatic rings. The molecule has 0 saturated carbocycles. The summed E-state index contributed by atoms with van der Waals surface area (Å²) in [5.74, 6) is 0.0330. The van der Waals surface area contributed by atoms with E-state index in [9.17, 15) is 4.79 Å². The van der Waals surface area contributed by atoms with Crippen molar-refractivity contribution in [1.82, 2.24) is 19.6 Å². The highest BCUT2D eigenvalue weighted by atomic mass is 35.5. The molecule has 1 aromatic heterocycles. The third-order valence-electron chi connectivity index (χ3n) is 5.06. The molecule has 148 valence electrons. The van der Waals surface area contributed by atoms with Gasteiger partial charge in [0.05, 0.1) is 18.4 Å². The Morgan fingerprint density at radius 3 is 2.81 bits per heavy atom. The number of nitrogens with zero attached hydrogens (tertiary/aromatic N) is 4. The molecule has 1 fully saturated rings. The monoisotopic (exact) mass is 391 g/mol. The number of anilines is 1. The highest BCUT2D eigenvalue weighted by molar-refractivity contribution is 5.91. The minimum absolute atomic E-state index is 0. The van der Waals surface area contributed by atoms with Crippen LogP contribution >= 0.6 is 12.4 Å².